The topological polar surface area (TPSA) is 64.3 Å². The van der Waals surface area contributed by atoms with Crippen molar-refractivity contribution in [3.63, 3.8) is 0 Å². The Morgan fingerprint density at radius 1 is 1.24 bits per heavy atom. The predicted molar refractivity (Wildman–Crippen MR) is 93.3 cm³/mol. The minimum atomic E-state index is -0.872. The molecule has 0 amide bonds. The Kier molecular flexibility index (Phi) is 5.09. The van der Waals surface area contributed by atoms with E-state index >= 15 is 0 Å². The maximum absolute atomic E-state index is 13.2. The number of aryl methyl sites for hydroxylation is 1. The standard InChI is InChI=1S/C19H19FN2O3/c1-2-13-3-6-16(7-4-13)25-11-15(23)10-22-12-21-18-9-14(20)5-8-17(18)19(22)24/h3-9,12,15,23H,2,10-11H2,1H3. The number of benzene rings is 2. The van der Waals surface area contributed by atoms with Crippen molar-refractivity contribution < 1.29 is 14.2 Å². The van der Waals surface area contributed by atoms with Crippen molar-refractivity contribution in [1.82, 2.24) is 9.55 Å². The van der Waals surface area contributed by atoms with Crippen LogP contribution in [0.3, 0.4) is 0 Å². The number of aromatic nitrogens is 2. The zero-order chi connectivity index (χ0) is 17.8. The molecule has 6 heteroatoms. The first-order valence-electron chi connectivity index (χ1n) is 8.11. The molecule has 0 spiro atoms. The molecule has 1 atom stereocenters. The zero-order valence-corrected chi connectivity index (χ0v) is 13.9. The molecular formula is C19H19FN2O3. The maximum atomic E-state index is 13.2. The fraction of sp³-hybridized carbons (Fsp3) is 0.263. The molecule has 1 heterocycles. The van der Waals surface area contributed by atoms with Gasteiger partial charge in [-0.1, -0.05) is 19.1 Å². The molecule has 0 bridgehead atoms. The highest BCUT2D eigenvalue weighted by molar-refractivity contribution is 5.77. The number of fused-ring (bicyclic) bond motifs is 1. The van der Waals surface area contributed by atoms with Gasteiger partial charge < -0.3 is 9.84 Å². The summed E-state index contributed by atoms with van der Waals surface area (Å²) in [6.45, 7) is 2.18. The van der Waals surface area contributed by atoms with Gasteiger partial charge in [0, 0.05) is 6.07 Å². The maximum Gasteiger partial charge on any atom is 0.261 e. The van der Waals surface area contributed by atoms with Crippen LogP contribution >= 0.6 is 0 Å². The van der Waals surface area contributed by atoms with Crippen LogP contribution in [-0.2, 0) is 13.0 Å². The predicted octanol–water partition coefficient (Wildman–Crippen LogP) is 2.54. The molecule has 0 radical (unpaired) electrons. The van der Waals surface area contributed by atoms with E-state index in [-0.39, 0.29) is 18.7 Å². The molecule has 0 aliphatic carbocycles. The van der Waals surface area contributed by atoms with Gasteiger partial charge in [-0.25, -0.2) is 9.37 Å². The lowest BCUT2D eigenvalue weighted by atomic mass is 10.2. The van der Waals surface area contributed by atoms with Crippen molar-refractivity contribution in [3.8, 4) is 5.75 Å². The van der Waals surface area contributed by atoms with Crippen LogP contribution in [0.25, 0.3) is 10.9 Å². The highest BCUT2D eigenvalue weighted by atomic mass is 19.1. The Morgan fingerprint density at radius 2 is 2.00 bits per heavy atom. The number of nitrogens with zero attached hydrogens (tertiary/aromatic N) is 2. The second-order valence-corrected chi connectivity index (χ2v) is 5.83. The smallest absolute Gasteiger partial charge is 0.261 e. The van der Waals surface area contributed by atoms with Crippen LogP contribution in [0.5, 0.6) is 5.75 Å². The minimum Gasteiger partial charge on any atom is -0.491 e. The first kappa shape index (κ1) is 17.1. The van der Waals surface area contributed by atoms with Crippen LogP contribution in [0.15, 0.2) is 53.6 Å². The van der Waals surface area contributed by atoms with Crippen LogP contribution in [0.1, 0.15) is 12.5 Å². The van der Waals surface area contributed by atoms with Crippen LogP contribution in [0.4, 0.5) is 4.39 Å². The summed E-state index contributed by atoms with van der Waals surface area (Å²) in [4.78, 5) is 16.4. The molecule has 2 aromatic carbocycles. The van der Waals surface area contributed by atoms with E-state index in [4.69, 9.17) is 4.74 Å². The molecule has 0 saturated heterocycles. The summed E-state index contributed by atoms with van der Waals surface area (Å²) in [5.41, 5.74) is 1.18. The summed E-state index contributed by atoms with van der Waals surface area (Å²) in [5, 5.41) is 10.4. The number of hydrogen-bond donors (Lipinski definition) is 1. The second kappa shape index (κ2) is 7.44. The van der Waals surface area contributed by atoms with Crippen LogP contribution in [-0.4, -0.2) is 27.4 Å². The van der Waals surface area contributed by atoms with Gasteiger partial charge in [0.2, 0.25) is 0 Å². The van der Waals surface area contributed by atoms with Gasteiger partial charge in [0.15, 0.2) is 0 Å². The summed E-state index contributed by atoms with van der Waals surface area (Å²) in [6, 6.07) is 11.5. The largest absolute Gasteiger partial charge is 0.491 e. The van der Waals surface area contributed by atoms with Gasteiger partial charge in [-0.05, 0) is 36.2 Å². The molecule has 1 unspecified atom stereocenters. The van der Waals surface area contributed by atoms with Crippen molar-refractivity contribution in [2.24, 2.45) is 0 Å². The second-order valence-electron chi connectivity index (χ2n) is 5.83. The first-order chi connectivity index (χ1) is 12.1. The monoisotopic (exact) mass is 342 g/mol. The third-order valence-corrected chi connectivity index (χ3v) is 3.97. The zero-order valence-electron chi connectivity index (χ0n) is 13.9. The molecule has 0 fully saturated rings. The van der Waals surface area contributed by atoms with E-state index in [9.17, 15) is 14.3 Å². The van der Waals surface area contributed by atoms with Gasteiger partial charge in [0.05, 0.1) is 23.8 Å². The lowest BCUT2D eigenvalue weighted by Crippen LogP contribution is -2.30. The number of ether oxygens (including phenoxy) is 1. The number of rotatable bonds is 6. The molecular weight excluding hydrogens is 323 g/mol. The van der Waals surface area contributed by atoms with E-state index in [1.54, 1.807) is 0 Å². The molecule has 1 N–H and O–H groups in total. The Morgan fingerprint density at radius 3 is 2.72 bits per heavy atom. The van der Waals surface area contributed by atoms with Crippen molar-refractivity contribution in [2.45, 2.75) is 26.0 Å². The Hall–Kier alpha value is -2.73. The lowest BCUT2D eigenvalue weighted by molar-refractivity contribution is 0.0915. The average Bonchev–Trinajstić information content (AvgIpc) is 2.62. The Labute approximate surface area is 144 Å². The highest BCUT2D eigenvalue weighted by Gasteiger charge is 2.11. The van der Waals surface area contributed by atoms with Crippen molar-refractivity contribution in [1.29, 1.82) is 0 Å². The van der Waals surface area contributed by atoms with Gasteiger partial charge in [-0.15, -0.1) is 0 Å². The van der Waals surface area contributed by atoms with E-state index in [1.165, 1.54) is 34.7 Å². The molecule has 3 rings (SSSR count). The average molecular weight is 342 g/mol. The van der Waals surface area contributed by atoms with Crippen molar-refractivity contribution in [2.75, 3.05) is 6.61 Å². The van der Waals surface area contributed by atoms with Crippen LogP contribution < -0.4 is 10.3 Å². The van der Waals surface area contributed by atoms with E-state index in [0.29, 0.717) is 16.7 Å². The molecule has 1 aromatic heterocycles. The Bertz CT molecular complexity index is 922. The van der Waals surface area contributed by atoms with E-state index < -0.39 is 11.9 Å². The molecule has 130 valence electrons. The minimum absolute atomic E-state index is 0.0478. The van der Waals surface area contributed by atoms with Gasteiger partial charge in [0.25, 0.3) is 5.56 Å². The number of hydrogen-bond acceptors (Lipinski definition) is 4. The van der Waals surface area contributed by atoms with Gasteiger partial charge in [-0.3, -0.25) is 9.36 Å². The van der Waals surface area contributed by atoms with E-state index in [0.717, 1.165) is 6.42 Å². The fourth-order valence-electron chi connectivity index (χ4n) is 2.56. The van der Waals surface area contributed by atoms with Crippen LogP contribution in [0, 0.1) is 5.82 Å². The summed E-state index contributed by atoms with van der Waals surface area (Å²) in [7, 11) is 0. The number of aliphatic hydroxyl groups excluding tert-OH is 1. The van der Waals surface area contributed by atoms with Crippen molar-refractivity contribution >= 4 is 10.9 Å². The summed E-state index contributed by atoms with van der Waals surface area (Å²) in [5.74, 6) is 0.218. The van der Waals surface area contributed by atoms with Gasteiger partial charge in [0.1, 0.15) is 24.3 Å². The quantitative estimate of drug-likeness (QED) is 0.748. The lowest BCUT2D eigenvalue weighted by Gasteiger charge is -2.14. The summed E-state index contributed by atoms with van der Waals surface area (Å²) < 4.78 is 20.0. The SMILES string of the molecule is CCc1ccc(OCC(O)Cn2cnc3cc(F)ccc3c2=O)cc1. The first-order valence-corrected chi connectivity index (χ1v) is 8.11. The fourth-order valence-corrected chi connectivity index (χ4v) is 2.56. The van der Waals surface area contributed by atoms with Crippen molar-refractivity contribution in [3.05, 3.63) is 70.5 Å². The van der Waals surface area contributed by atoms with Gasteiger partial charge >= 0.3 is 0 Å². The van der Waals surface area contributed by atoms with Crippen LogP contribution in [0.2, 0.25) is 0 Å². The number of halogens is 1. The third kappa shape index (κ3) is 4.03. The molecule has 3 aromatic rings. The third-order valence-electron chi connectivity index (χ3n) is 3.97. The summed E-state index contributed by atoms with van der Waals surface area (Å²) >= 11 is 0. The van der Waals surface area contributed by atoms with E-state index in [2.05, 4.69) is 11.9 Å². The molecule has 0 aliphatic rings. The molecule has 0 saturated carbocycles. The van der Waals surface area contributed by atoms with Gasteiger partial charge in [-0.2, -0.15) is 0 Å². The van der Waals surface area contributed by atoms with E-state index in [1.807, 2.05) is 24.3 Å². The molecule has 5 nitrogen and oxygen atoms in total. The summed E-state index contributed by atoms with van der Waals surface area (Å²) in [6.07, 6.45) is 1.39. The normalized spacial score (nSPS) is 12.3. The highest BCUT2D eigenvalue weighted by Crippen LogP contribution is 2.13. The Balaban J connectivity index is 1.67. The number of aliphatic hydroxyl groups is 1. The molecule has 0 aliphatic heterocycles. The molecule has 25 heavy (non-hydrogen) atoms.